The number of benzene rings is 2. The van der Waals surface area contributed by atoms with Crippen LogP contribution in [-0.4, -0.2) is 32.8 Å². The van der Waals surface area contributed by atoms with Gasteiger partial charge >= 0.3 is 0 Å². The number of hydrogen-bond donors (Lipinski definition) is 1. The molecule has 6 nitrogen and oxygen atoms in total. The fraction of sp³-hybridized carbons (Fsp3) is 0.333. The molecular formula is C27H25F2N3O3. The molecule has 35 heavy (non-hydrogen) atoms. The lowest BCUT2D eigenvalue weighted by Gasteiger charge is -2.54. The second-order valence-corrected chi connectivity index (χ2v) is 9.55. The van der Waals surface area contributed by atoms with Gasteiger partial charge in [-0.3, -0.25) is 19.3 Å². The SMILES string of the molecule is O=C1c2c(O)c(=O)ccn2N2[C@@H](c3ccccc3)c3cc(F)c(F)cc3CCC[C@@H]2N1C1CCC1. The molecule has 0 bridgehead atoms. The Morgan fingerprint density at radius 1 is 0.914 bits per heavy atom. The molecule has 3 aromatic rings. The average Bonchev–Trinajstić information content (AvgIpc) is 2.81. The van der Waals surface area contributed by atoms with Crippen molar-refractivity contribution in [1.82, 2.24) is 9.58 Å². The van der Waals surface area contributed by atoms with Crippen LogP contribution in [0.15, 0.2) is 59.5 Å². The van der Waals surface area contributed by atoms with Crippen LogP contribution in [0, 0.1) is 11.6 Å². The number of fused-ring (bicyclic) bond motifs is 4. The van der Waals surface area contributed by atoms with Gasteiger partial charge in [0.1, 0.15) is 6.17 Å². The van der Waals surface area contributed by atoms with Crippen molar-refractivity contribution in [2.24, 2.45) is 0 Å². The van der Waals surface area contributed by atoms with E-state index < -0.39 is 28.9 Å². The summed E-state index contributed by atoms with van der Waals surface area (Å²) in [6, 6.07) is 12.6. The normalized spacial score (nSPS) is 21.9. The summed E-state index contributed by atoms with van der Waals surface area (Å²) in [7, 11) is 0. The maximum Gasteiger partial charge on any atom is 0.278 e. The van der Waals surface area contributed by atoms with Gasteiger partial charge in [0.25, 0.3) is 5.91 Å². The third kappa shape index (κ3) is 3.34. The minimum atomic E-state index is -0.936. The van der Waals surface area contributed by atoms with Crippen molar-refractivity contribution in [3.8, 4) is 5.75 Å². The smallest absolute Gasteiger partial charge is 0.278 e. The van der Waals surface area contributed by atoms with Gasteiger partial charge in [-0.25, -0.2) is 8.78 Å². The highest BCUT2D eigenvalue weighted by molar-refractivity contribution is 5.96. The van der Waals surface area contributed by atoms with Gasteiger partial charge in [0.15, 0.2) is 23.1 Å². The first-order chi connectivity index (χ1) is 17.0. The summed E-state index contributed by atoms with van der Waals surface area (Å²) in [5.74, 6) is -2.79. The van der Waals surface area contributed by atoms with Gasteiger partial charge in [-0.15, -0.1) is 0 Å². The third-order valence-corrected chi connectivity index (χ3v) is 7.60. The van der Waals surface area contributed by atoms with Gasteiger partial charge in [0.2, 0.25) is 5.43 Å². The zero-order valence-corrected chi connectivity index (χ0v) is 19.0. The molecule has 1 saturated carbocycles. The second-order valence-electron chi connectivity index (χ2n) is 9.55. The van der Waals surface area contributed by atoms with E-state index in [0.717, 1.165) is 24.8 Å². The number of aryl methyl sites for hydroxylation is 1. The maximum atomic E-state index is 14.7. The summed E-state index contributed by atoms with van der Waals surface area (Å²) in [5, 5.41) is 12.7. The zero-order chi connectivity index (χ0) is 24.3. The van der Waals surface area contributed by atoms with Gasteiger partial charge in [-0.2, -0.15) is 0 Å². The number of carbonyl (C=O) groups is 1. The van der Waals surface area contributed by atoms with Crippen LogP contribution in [0.5, 0.6) is 5.75 Å². The molecule has 3 heterocycles. The van der Waals surface area contributed by atoms with Crippen LogP contribution in [0.3, 0.4) is 0 Å². The maximum absolute atomic E-state index is 14.7. The van der Waals surface area contributed by atoms with Crippen molar-refractivity contribution >= 4 is 5.91 Å². The summed E-state index contributed by atoms with van der Waals surface area (Å²) in [4.78, 5) is 27.9. The molecule has 1 aromatic heterocycles. The summed E-state index contributed by atoms with van der Waals surface area (Å²) < 4.78 is 30.5. The predicted molar refractivity (Wildman–Crippen MR) is 126 cm³/mol. The lowest BCUT2D eigenvalue weighted by molar-refractivity contribution is 0.0247. The lowest BCUT2D eigenvalue weighted by Crippen LogP contribution is -2.66. The number of halogens is 2. The van der Waals surface area contributed by atoms with E-state index in [-0.39, 0.29) is 23.8 Å². The molecule has 8 heteroatoms. The summed E-state index contributed by atoms with van der Waals surface area (Å²) in [6.45, 7) is 0. The summed E-state index contributed by atoms with van der Waals surface area (Å²) >= 11 is 0. The van der Waals surface area contributed by atoms with Crippen LogP contribution in [0.25, 0.3) is 0 Å². The first-order valence-corrected chi connectivity index (χ1v) is 12.0. The van der Waals surface area contributed by atoms with E-state index in [0.29, 0.717) is 30.4 Å². The fourth-order valence-corrected chi connectivity index (χ4v) is 5.74. The Kier molecular flexibility index (Phi) is 5.12. The molecule has 0 saturated heterocycles. The quantitative estimate of drug-likeness (QED) is 0.600. The van der Waals surface area contributed by atoms with E-state index in [1.54, 1.807) is 9.58 Å². The highest BCUT2D eigenvalue weighted by Crippen LogP contribution is 2.42. The van der Waals surface area contributed by atoms with Gasteiger partial charge in [-0.05, 0) is 67.3 Å². The molecule has 1 amide bonds. The molecule has 2 atom stereocenters. The number of rotatable bonds is 2. The first kappa shape index (κ1) is 21.8. The van der Waals surface area contributed by atoms with Gasteiger partial charge < -0.3 is 10.0 Å². The Morgan fingerprint density at radius 2 is 1.66 bits per heavy atom. The van der Waals surface area contributed by atoms with Crippen LogP contribution < -0.4 is 10.4 Å². The van der Waals surface area contributed by atoms with Gasteiger partial charge in [-0.1, -0.05) is 30.3 Å². The second kappa shape index (κ2) is 8.22. The largest absolute Gasteiger partial charge is 0.502 e. The monoisotopic (exact) mass is 477 g/mol. The number of amides is 1. The molecule has 1 N–H and O–H groups in total. The summed E-state index contributed by atoms with van der Waals surface area (Å²) in [6.07, 6.45) is 5.64. The molecule has 2 aromatic carbocycles. The molecule has 6 rings (SSSR count). The van der Waals surface area contributed by atoms with Crippen LogP contribution in [0.1, 0.15) is 65.3 Å². The van der Waals surface area contributed by atoms with Crippen molar-refractivity contribution in [1.29, 1.82) is 0 Å². The number of aromatic hydroxyl groups is 1. The zero-order valence-electron chi connectivity index (χ0n) is 19.0. The van der Waals surface area contributed by atoms with Crippen LogP contribution in [0.4, 0.5) is 8.78 Å². The highest BCUT2D eigenvalue weighted by Gasteiger charge is 2.47. The first-order valence-electron chi connectivity index (χ1n) is 12.0. The van der Waals surface area contributed by atoms with Crippen molar-refractivity contribution in [2.45, 2.75) is 56.8 Å². The lowest BCUT2D eigenvalue weighted by atomic mass is 9.86. The Bertz CT molecular complexity index is 1370. The average molecular weight is 478 g/mol. The molecule has 0 spiro atoms. The molecule has 0 unspecified atom stereocenters. The molecule has 2 aliphatic heterocycles. The summed E-state index contributed by atoms with van der Waals surface area (Å²) in [5.41, 5.74) is 1.42. The van der Waals surface area contributed by atoms with E-state index in [4.69, 9.17) is 0 Å². The minimum absolute atomic E-state index is 0.00117. The standard InChI is InChI=1S/C27H25F2N3O3/c28-20-14-17-8-4-11-23-31(18-9-5-10-18)27(35)25-26(34)22(33)12-13-30(25)32(23)24(19(17)15-21(20)29)16-6-2-1-3-7-16/h1-3,6-7,12-15,18,23-24,34H,4-5,8-11H2/t23-,24+/m1/s1. The van der Waals surface area contributed by atoms with Crippen molar-refractivity contribution in [3.05, 3.63) is 99.0 Å². The number of nitrogens with zero attached hydrogens (tertiary/aromatic N) is 3. The topological polar surface area (TPSA) is 65.8 Å². The fourth-order valence-electron chi connectivity index (χ4n) is 5.74. The Balaban J connectivity index is 1.66. The van der Waals surface area contributed by atoms with Gasteiger partial charge in [0.05, 0.1) is 6.04 Å². The third-order valence-electron chi connectivity index (χ3n) is 7.60. The Labute approximate surface area is 201 Å². The van der Waals surface area contributed by atoms with E-state index >= 15 is 0 Å². The van der Waals surface area contributed by atoms with Crippen LogP contribution in [0.2, 0.25) is 0 Å². The molecule has 1 aliphatic carbocycles. The van der Waals surface area contributed by atoms with Crippen molar-refractivity contribution < 1.29 is 18.7 Å². The van der Waals surface area contributed by atoms with Crippen LogP contribution in [-0.2, 0) is 6.42 Å². The molecular weight excluding hydrogens is 452 g/mol. The molecule has 0 radical (unpaired) electrons. The minimum Gasteiger partial charge on any atom is -0.502 e. The Morgan fingerprint density at radius 3 is 2.37 bits per heavy atom. The Hall–Kier alpha value is -3.68. The number of aromatic nitrogens is 1. The predicted octanol–water partition coefficient (Wildman–Crippen LogP) is 4.23. The van der Waals surface area contributed by atoms with E-state index in [1.165, 1.54) is 24.4 Å². The van der Waals surface area contributed by atoms with Crippen molar-refractivity contribution in [3.63, 3.8) is 0 Å². The molecule has 180 valence electrons. The van der Waals surface area contributed by atoms with E-state index in [9.17, 15) is 23.5 Å². The van der Waals surface area contributed by atoms with Gasteiger partial charge in [0, 0.05) is 18.3 Å². The van der Waals surface area contributed by atoms with E-state index in [1.807, 2.05) is 35.3 Å². The number of carbonyl (C=O) groups excluding carboxylic acids is 1. The van der Waals surface area contributed by atoms with Crippen LogP contribution >= 0.6 is 0 Å². The van der Waals surface area contributed by atoms with Crippen molar-refractivity contribution in [2.75, 3.05) is 5.01 Å². The van der Waals surface area contributed by atoms with E-state index in [2.05, 4.69) is 0 Å². The molecule has 3 aliphatic rings. The molecule has 1 fully saturated rings. The number of pyridine rings is 1. The highest BCUT2D eigenvalue weighted by atomic mass is 19.2. The number of hydrogen-bond acceptors (Lipinski definition) is 4.